The Labute approximate surface area is 66.0 Å². The van der Waals surface area contributed by atoms with Crippen LogP contribution < -0.4 is 5.73 Å². The topological polar surface area (TPSA) is 55.3 Å². The van der Waals surface area contributed by atoms with Crippen molar-refractivity contribution in [1.29, 1.82) is 0 Å². The molecule has 1 heterocycles. The molecule has 0 spiro atoms. The second-order valence-electron chi connectivity index (χ2n) is 2.52. The van der Waals surface area contributed by atoms with Crippen molar-refractivity contribution in [2.45, 2.75) is 6.54 Å². The molecule has 1 rings (SSSR count). The second-order valence-corrected chi connectivity index (χ2v) is 2.52. The standard InChI is InChI=1S/C7H13N3O/c1-10(4-3-8)6-7-2-5-11-9-7/h2,5H,3-4,6,8H2,1H3. The van der Waals surface area contributed by atoms with E-state index < -0.39 is 0 Å². The summed E-state index contributed by atoms with van der Waals surface area (Å²) in [5.74, 6) is 0. The van der Waals surface area contributed by atoms with Gasteiger partial charge in [-0.05, 0) is 7.05 Å². The smallest absolute Gasteiger partial charge is 0.124 e. The van der Waals surface area contributed by atoms with Gasteiger partial charge in [0.05, 0.1) is 5.69 Å². The lowest BCUT2D eigenvalue weighted by Crippen LogP contribution is -2.25. The van der Waals surface area contributed by atoms with E-state index in [1.165, 1.54) is 0 Å². The van der Waals surface area contributed by atoms with Crippen LogP contribution in [0.15, 0.2) is 16.9 Å². The van der Waals surface area contributed by atoms with Crippen molar-refractivity contribution >= 4 is 0 Å². The van der Waals surface area contributed by atoms with Gasteiger partial charge >= 0.3 is 0 Å². The molecule has 0 fully saturated rings. The summed E-state index contributed by atoms with van der Waals surface area (Å²) in [7, 11) is 2.00. The van der Waals surface area contributed by atoms with Gasteiger partial charge in [0.25, 0.3) is 0 Å². The molecule has 4 heteroatoms. The first-order valence-electron chi connectivity index (χ1n) is 3.61. The molecule has 0 aromatic carbocycles. The van der Waals surface area contributed by atoms with Crippen LogP contribution in [0.4, 0.5) is 0 Å². The van der Waals surface area contributed by atoms with Crippen LogP contribution in [0.5, 0.6) is 0 Å². The van der Waals surface area contributed by atoms with Crippen molar-refractivity contribution in [3.8, 4) is 0 Å². The lowest BCUT2D eigenvalue weighted by molar-refractivity contribution is 0.318. The third kappa shape index (κ3) is 2.69. The second kappa shape index (κ2) is 4.10. The minimum absolute atomic E-state index is 0.675. The first-order chi connectivity index (χ1) is 5.33. The minimum atomic E-state index is 0.675. The number of likely N-dealkylation sites (N-methyl/N-ethyl adjacent to an activating group) is 1. The Morgan fingerprint density at radius 2 is 2.55 bits per heavy atom. The predicted octanol–water partition coefficient (Wildman–Crippen LogP) is 0.0651. The Morgan fingerprint density at radius 3 is 3.09 bits per heavy atom. The van der Waals surface area contributed by atoms with E-state index in [2.05, 4.69) is 14.6 Å². The molecule has 62 valence electrons. The van der Waals surface area contributed by atoms with E-state index in [1.807, 2.05) is 13.1 Å². The Kier molecular flexibility index (Phi) is 3.07. The molecular weight excluding hydrogens is 142 g/mol. The average Bonchev–Trinajstić information content (AvgIpc) is 2.40. The van der Waals surface area contributed by atoms with E-state index in [4.69, 9.17) is 5.73 Å². The number of aromatic nitrogens is 1. The van der Waals surface area contributed by atoms with E-state index >= 15 is 0 Å². The average molecular weight is 155 g/mol. The van der Waals surface area contributed by atoms with Gasteiger partial charge in [-0.25, -0.2) is 0 Å². The van der Waals surface area contributed by atoms with Crippen molar-refractivity contribution in [3.63, 3.8) is 0 Å². The van der Waals surface area contributed by atoms with Gasteiger partial charge in [0, 0.05) is 25.7 Å². The maximum Gasteiger partial charge on any atom is 0.124 e. The van der Waals surface area contributed by atoms with Crippen LogP contribution in [0.3, 0.4) is 0 Å². The number of nitrogens with two attached hydrogens (primary N) is 1. The minimum Gasteiger partial charge on any atom is -0.364 e. The van der Waals surface area contributed by atoms with E-state index in [0.29, 0.717) is 6.54 Å². The number of rotatable bonds is 4. The lowest BCUT2D eigenvalue weighted by atomic mass is 10.4. The van der Waals surface area contributed by atoms with Gasteiger partial charge in [-0.1, -0.05) is 5.16 Å². The van der Waals surface area contributed by atoms with Crippen molar-refractivity contribution in [2.24, 2.45) is 5.73 Å². The van der Waals surface area contributed by atoms with Crippen LogP contribution in [0.1, 0.15) is 5.69 Å². The van der Waals surface area contributed by atoms with Crippen LogP contribution in [-0.2, 0) is 6.54 Å². The van der Waals surface area contributed by atoms with Gasteiger partial charge < -0.3 is 10.3 Å². The third-order valence-electron chi connectivity index (χ3n) is 1.43. The summed E-state index contributed by atoms with van der Waals surface area (Å²) in [6, 6.07) is 1.85. The van der Waals surface area contributed by atoms with Crippen LogP contribution in [0.2, 0.25) is 0 Å². The van der Waals surface area contributed by atoms with E-state index in [1.54, 1.807) is 6.26 Å². The Balaban J connectivity index is 2.31. The van der Waals surface area contributed by atoms with Crippen molar-refractivity contribution in [1.82, 2.24) is 10.1 Å². The van der Waals surface area contributed by atoms with E-state index in [9.17, 15) is 0 Å². The van der Waals surface area contributed by atoms with Gasteiger partial charge in [-0.2, -0.15) is 0 Å². The van der Waals surface area contributed by atoms with Gasteiger partial charge in [0.2, 0.25) is 0 Å². The molecule has 0 radical (unpaired) electrons. The highest BCUT2D eigenvalue weighted by atomic mass is 16.5. The maximum atomic E-state index is 5.37. The normalized spacial score (nSPS) is 10.8. The summed E-state index contributed by atoms with van der Waals surface area (Å²) >= 11 is 0. The number of hydrogen-bond acceptors (Lipinski definition) is 4. The SMILES string of the molecule is CN(CCN)Cc1ccon1. The van der Waals surface area contributed by atoms with Crippen molar-refractivity contribution in [2.75, 3.05) is 20.1 Å². The molecule has 0 aliphatic rings. The molecular formula is C7H13N3O. The van der Waals surface area contributed by atoms with Crippen LogP contribution in [0.25, 0.3) is 0 Å². The maximum absolute atomic E-state index is 5.37. The highest BCUT2D eigenvalue weighted by Crippen LogP contribution is 1.97. The quantitative estimate of drug-likeness (QED) is 0.668. The predicted molar refractivity (Wildman–Crippen MR) is 41.9 cm³/mol. The highest BCUT2D eigenvalue weighted by Gasteiger charge is 2.00. The Hall–Kier alpha value is -0.870. The zero-order valence-electron chi connectivity index (χ0n) is 6.66. The van der Waals surface area contributed by atoms with E-state index in [-0.39, 0.29) is 0 Å². The summed E-state index contributed by atoms with van der Waals surface area (Å²) in [5, 5.41) is 3.78. The Morgan fingerprint density at radius 1 is 1.73 bits per heavy atom. The molecule has 0 unspecified atom stereocenters. The van der Waals surface area contributed by atoms with Gasteiger partial charge in [0.15, 0.2) is 0 Å². The van der Waals surface area contributed by atoms with E-state index in [0.717, 1.165) is 18.8 Å². The largest absolute Gasteiger partial charge is 0.364 e. The van der Waals surface area contributed by atoms with Crippen LogP contribution in [0, 0.1) is 0 Å². The van der Waals surface area contributed by atoms with Crippen molar-refractivity contribution in [3.05, 3.63) is 18.0 Å². The molecule has 0 saturated heterocycles. The number of hydrogen-bond donors (Lipinski definition) is 1. The van der Waals surface area contributed by atoms with Gasteiger partial charge in [-0.15, -0.1) is 0 Å². The fourth-order valence-electron chi connectivity index (χ4n) is 0.895. The lowest BCUT2D eigenvalue weighted by Gasteiger charge is -2.12. The summed E-state index contributed by atoms with van der Waals surface area (Å²) in [6.07, 6.45) is 1.58. The van der Waals surface area contributed by atoms with Gasteiger partial charge in [0.1, 0.15) is 6.26 Å². The zero-order chi connectivity index (χ0) is 8.10. The summed E-state index contributed by atoms with van der Waals surface area (Å²) in [5.41, 5.74) is 6.32. The zero-order valence-corrected chi connectivity index (χ0v) is 6.66. The van der Waals surface area contributed by atoms with Crippen LogP contribution in [-0.4, -0.2) is 30.2 Å². The summed E-state index contributed by atoms with van der Waals surface area (Å²) in [6.45, 7) is 2.36. The number of nitrogens with zero attached hydrogens (tertiary/aromatic N) is 2. The molecule has 11 heavy (non-hydrogen) atoms. The molecule has 4 nitrogen and oxygen atoms in total. The molecule has 0 aliphatic carbocycles. The Bertz CT molecular complexity index is 186. The summed E-state index contributed by atoms with van der Waals surface area (Å²) < 4.78 is 4.69. The molecule has 0 bridgehead atoms. The molecule has 0 saturated carbocycles. The first-order valence-corrected chi connectivity index (χ1v) is 3.61. The van der Waals surface area contributed by atoms with Crippen molar-refractivity contribution < 1.29 is 4.52 Å². The van der Waals surface area contributed by atoms with Gasteiger partial charge in [-0.3, -0.25) is 4.90 Å². The highest BCUT2D eigenvalue weighted by molar-refractivity contribution is 4.94. The molecule has 1 aromatic rings. The molecule has 0 amide bonds. The fourth-order valence-corrected chi connectivity index (χ4v) is 0.895. The van der Waals surface area contributed by atoms with Crippen LogP contribution >= 0.6 is 0 Å². The molecule has 1 aromatic heterocycles. The monoisotopic (exact) mass is 155 g/mol. The molecule has 0 atom stereocenters. The first kappa shape index (κ1) is 8.23. The third-order valence-corrected chi connectivity index (χ3v) is 1.43. The molecule has 0 aliphatic heterocycles. The summed E-state index contributed by atoms with van der Waals surface area (Å²) in [4.78, 5) is 2.10. The fraction of sp³-hybridized carbons (Fsp3) is 0.571. The molecule has 2 N–H and O–H groups in total.